The second kappa shape index (κ2) is 6.48. The lowest BCUT2D eigenvalue weighted by atomic mass is 9.76. The predicted molar refractivity (Wildman–Crippen MR) is 97.7 cm³/mol. The van der Waals surface area contributed by atoms with Gasteiger partial charge in [0, 0.05) is 5.92 Å². The molecule has 1 heterocycles. The number of fused-ring (bicyclic) bond motifs is 1. The molecule has 1 aromatic carbocycles. The Kier molecular flexibility index (Phi) is 4.36. The summed E-state index contributed by atoms with van der Waals surface area (Å²) in [5.41, 5.74) is 30.3. The maximum Gasteiger partial charge on any atom is 0.198 e. The molecule has 10 heteroatoms. The van der Waals surface area contributed by atoms with Crippen molar-refractivity contribution in [2.45, 2.75) is 36.9 Å². The number of benzene rings is 1. The van der Waals surface area contributed by atoms with Gasteiger partial charge in [0.05, 0.1) is 29.2 Å². The van der Waals surface area contributed by atoms with Gasteiger partial charge < -0.3 is 38.8 Å². The number of aliphatic hydroxyl groups excluding tert-OH is 1. The molecule has 1 aromatic heterocycles. The molecule has 1 aliphatic rings. The molecule has 0 radical (unpaired) electrons. The molecule has 0 bridgehead atoms. The Labute approximate surface area is 144 Å². The normalized spacial score (nSPS) is 26.3. The van der Waals surface area contributed by atoms with Crippen LogP contribution in [-0.2, 0) is 0 Å². The Bertz CT molecular complexity index is 820. The van der Waals surface area contributed by atoms with E-state index in [4.69, 9.17) is 28.7 Å². The van der Waals surface area contributed by atoms with Crippen LogP contribution >= 0.6 is 0 Å². The first-order chi connectivity index (χ1) is 11.8. The molecule has 4 atom stereocenters. The van der Waals surface area contributed by atoms with Gasteiger partial charge in [0.25, 0.3) is 0 Å². The topological polar surface area (TPSA) is 204 Å². The van der Waals surface area contributed by atoms with Crippen molar-refractivity contribution in [3.8, 4) is 0 Å². The fourth-order valence-corrected chi connectivity index (χ4v) is 3.44. The SMILES string of the molecule is NC(N)=N[C@H]1C[C@@H](N=C(N)N)[C@H](O)C[C@@H]1c1ccc2nc(N)[nH]c2c1. The van der Waals surface area contributed by atoms with Gasteiger partial charge in [-0.05, 0) is 30.5 Å². The van der Waals surface area contributed by atoms with Gasteiger partial charge in [0.15, 0.2) is 17.9 Å². The van der Waals surface area contributed by atoms with Crippen molar-refractivity contribution in [2.24, 2.45) is 32.9 Å². The molecule has 2 aromatic rings. The van der Waals surface area contributed by atoms with Crippen molar-refractivity contribution in [1.82, 2.24) is 9.97 Å². The van der Waals surface area contributed by atoms with Crippen LogP contribution in [0.4, 0.5) is 5.95 Å². The van der Waals surface area contributed by atoms with E-state index >= 15 is 0 Å². The Morgan fingerprint density at radius 2 is 1.76 bits per heavy atom. The largest absolute Gasteiger partial charge is 0.391 e. The first kappa shape index (κ1) is 16.8. The minimum atomic E-state index is -0.694. The summed E-state index contributed by atoms with van der Waals surface area (Å²) in [6.07, 6.45) is 0.170. The second-order valence-corrected chi connectivity index (χ2v) is 6.29. The average molecular weight is 345 g/mol. The number of hydrogen-bond donors (Lipinski definition) is 7. The molecule has 1 fully saturated rings. The Morgan fingerprint density at radius 3 is 2.44 bits per heavy atom. The van der Waals surface area contributed by atoms with Crippen LogP contribution < -0.4 is 28.7 Å². The summed E-state index contributed by atoms with van der Waals surface area (Å²) in [6, 6.07) is 5.07. The molecule has 0 aliphatic heterocycles. The third kappa shape index (κ3) is 3.58. The number of rotatable bonds is 3. The van der Waals surface area contributed by atoms with Crippen LogP contribution in [0.15, 0.2) is 28.2 Å². The highest BCUT2D eigenvalue weighted by Crippen LogP contribution is 2.37. The first-order valence-electron chi connectivity index (χ1n) is 7.94. The molecule has 12 N–H and O–H groups in total. The molecular formula is C15H23N9O. The van der Waals surface area contributed by atoms with Crippen LogP contribution in [0.1, 0.15) is 24.3 Å². The molecule has 1 saturated carbocycles. The molecule has 0 amide bonds. The second-order valence-electron chi connectivity index (χ2n) is 6.29. The third-order valence-corrected chi connectivity index (χ3v) is 4.47. The molecule has 0 spiro atoms. The molecule has 25 heavy (non-hydrogen) atoms. The van der Waals surface area contributed by atoms with Crippen molar-refractivity contribution in [1.29, 1.82) is 0 Å². The van der Waals surface area contributed by atoms with E-state index in [1.54, 1.807) is 0 Å². The Morgan fingerprint density at radius 1 is 1.08 bits per heavy atom. The third-order valence-electron chi connectivity index (χ3n) is 4.47. The number of hydrogen-bond acceptors (Lipinski definition) is 5. The standard InChI is InChI=1S/C15H23N9O/c16-13(17)21-9-5-11(22-14(18)19)12(25)4-7(9)6-1-2-8-10(3-6)24-15(20)23-8/h1-3,7,9,11-12,25H,4-5H2,(H4,16,17,21)(H4,18,19,22)(H3,20,23,24)/t7-,9+,11-,12-/m1/s1. The zero-order valence-electron chi connectivity index (χ0n) is 13.6. The maximum absolute atomic E-state index is 10.4. The fraction of sp³-hybridized carbons (Fsp3) is 0.400. The van der Waals surface area contributed by atoms with Crippen molar-refractivity contribution < 1.29 is 5.11 Å². The summed E-state index contributed by atoms with van der Waals surface area (Å²) in [4.78, 5) is 15.6. The molecule has 1 aliphatic carbocycles. The van der Waals surface area contributed by atoms with Gasteiger partial charge in [-0.25, -0.2) is 15.0 Å². The Hall–Kier alpha value is -3.01. The van der Waals surface area contributed by atoms with Crippen LogP contribution in [0.5, 0.6) is 0 Å². The smallest absolute Gasteiger partial charge is 0.198 e. The predicted octanol–water partition coefficient (Wildman–Crippen LogP) is -1.33. The van der Waals surface area contributed by atoms with Gasteiger partial charge in [-0.1, -0.05) is 6.07 Å². The summed E-state index contributed by atoms with van der Waals surface area (Å²) >= 11 is 0. The van der Waals surface area contributed by atoms with Crippen LogP contribution in [0.2, 0.25) is 0 Å². The maximum atomic E-state index is 10.4. The lowest BCUT2D eigenvalue weighted by Crippen LogP contribution is -2.42. The highest BCUT2D eigenvalue weighted by molar-refractivity contribution is 5.78. The van der Waals surface area contributed by atoms with E-state index in [1.807, 2.05) is 18.2 Å². The number of nitrogens with zero attached hydrogens (tertiary/aromatic N) is 3. The molecule has 3 rings (SSSR count). The van der Waals surface area contributed by atoms with E-state index < -0.39 is 12.1 Å². The monoisotopic (exact) mass is 345 g/mol. The van der Waals surface area contributed by atoms with E-state index in [2.05, 4.69) is 20.0 Å². The number of imidazole rings is 1. The number of nitrogens with two attached hydrogens (primary N) is 5. The zero-order chi connectivity index (χ0) is 18.1. The number of nitrogens with one attached hydrogen (secondary N) is 1. The van der Waals surface area contributed by atoms with E-state index in [0.717, 1.165) is 16.6 Å². The fourth-order valence-electron chi connectivity index (χ4n) is 3.44. The average Bonchev–Trinajstić information content (AvgIpc) is 2.88. The van der Waals surface area contributed by atoms with Gasteiger partial charge in [0.1, 0.15) is 0 Å². The van der Waals surface area contributed by atoms with E-state index in [9.17, 15) is 5.11 Å². The molecule has 10 nitrogen and oxygen atoms in total. The van der Waals surface area contributed by atoms with Crippen LogP contribution in [0, 0.1) is 0 Å². The molecule has 0 saturated heterocycles. The number of nitrogen functional groups attached to an aromatic ring is 1. The van der Waals surface area contributed by atoms with Crippen LogP contribution in [-0.4, -0.2) is 45.2 Å². The number of anilines is 1. The Balaban J connectivity index is 1.96. The van der Waals surface area contributed by atoms with Gasteiger partial charge in [-0.2, -0.15) is 0 Å². The van der Waals surface area contributed by atoms with Gasteiger partial charge in [-0.3, -0.25) is 0 Å². The lowest BCUT2D eigenvalue weighted by Gasteiger charge is -2.36. The van der Waals surface area contributed by atoms with E-state index in [1.165, 1.54) is 0 Å². The first-order valence-corrected chi connectivity index (χ1v) is 7.94. The number of aromatic nitrogens is 2. The molecular weight excluding hydrogens is 322 g/mol. The van der Waals surface area contributed by atoms with E-state index in [-0.39, 0.29) is 23.9 Å². The summed E-state index contributed by atoms with van der Waals surface area (Å²) in [7, 11) is 0. The number of aliphatic imine (C=N–C) groups is 2. The quantitative estimate of drug-likeness (QED) is 0.263. The minimum Gasteiger partial charge on any atom is -0.391 e. The van der Waals surface area contributed by atoms with Gasteiger partial charge >= 0.3 is 0 Å². The number of guanidine groups is 2. The van der Waals surface area contributed by atoms with Crippen molar-refractivity contribution in [2.75, 3.05) is 5.73 Å². The number of aliphatic hydroxyl groups is 1. The highest BCUT2D eigenvalue weighted by atomic mass is 16.3. The van der Waals surface area contributed by atoms with Crippen LogP contribution in [0.25, 0.3) is 11.0 Å². The summed E-state index contributed by atoms with van der Waals surface area (Å²) in [5.74, 6) is 0.183. The van der Waals surface area contributed by atoms with Crippen molar-refractivity contribution in [3.05, 3.63) is 23.8 Å². The molecule has 134 valence electrons. The summed E-state index contributed by atoms with van der Waals surface area (Å²) in [5, 5.41) is 10.4. The summed E-state index contributed by atoms with van der Waals surface area (Å²) < 4.78 is 0. The summed E-state index contributed by atoms with van der Waals surface area (Å²) in [6.45, 7) is 0. The molecule has 0 unspecified atom stereocenters. The number of aromatic amines is 1. The van der Waals surface area contributed by atoms with Crippen molar-refractivity contribution >= 4 is 28.9 Å². The van der Waals surface area contributed by atoms with E-state index in [0.29, 0.717) is 18.8 Å². The van der Waals surface area contributed by atoms with Crippen LogP contribution in [0.3, 0.4) is 0 Å². The highest BCUT2D eigenvalue weighted by Gasteiger charge is 2.37. The minimum absolute atomic E-state index is 0.0123. The number of H-pyrrole nitrogens is 1. The zero-order valence-corrected chi connectivity index (χ0v) is 13.6. The van der Waals surface area contributed by atoms with Gasteiger partial charge in [0.2, 0.25) is 0 Å². The lowest BCUT2D eigenvalue weighted by molar-refractivity contribution is 0.0910. The van der Waals surface area contributed by atoms with Crippen molar-refractivity contribution in [3.63, 3.8) is 0 Å². The van der Waals surface area contributed by atoms with Gasteiger partial charge in [-0.15, -0.1) is 0 Å².